The zero-order valence-corrected chi connectivity index (χ0v) is 23.2. The highest BCUT2D eigenvalue weighted by Crippen LogP contribution is 2.41. The van der Waals surface area contributed by atoms with Crippen molar-refractivity contribution in [2.75, 3.05) is 18.9 Å². The normalized spacial score (nSPS) is 23.2. The molecule has 0 aromatic heterocycles. The van der Waals surface area contributed by atoms with Crippen LogP contribution in [0.25, 0.3) is 0 Å². The largest absolute Gasteiger partial charge is 0.394 e. The van der Waals surface area contributed by atoms with Gasteiger partial charge in [0.05, 0.1) is 29.2 Å². The summed E-state index contributed by atoms with van der Waals surface area (Å²) in [5.41, 5.74) is 3.20. The number of sulfone groups is 1. The standard InChI is InChI=1S/C29H37F3N2O4S/c1-3-19-16-34(24-10-8-23(9-11-24)29(30,31)32)17-22-15-21(7-14-26(19)22)28(36)33-27(18-35)20-5-12-25(13-6-20)39(37,38)4-2/h5-7,12-15,19,23-24,27,35H,3-4,8-11,16-18H2,1-2H3,(H,33,36)/t19?,23?,24?,27-/m0/s1. The summed E-state index contributed by atoms with van der Waals surface area (Å²) in [7, 11) is -3.36. The Morgan fingerprint density at radius 2 is 1.74 bits per heavy atom. The number of carbonyl (C=O) groups is 1. The number of nitrogens with zero attached hydrogens (tertiary/aromatic N) is 1. The Labute approximate surface area is 228 Å². The number of aliphatic hydroxyl groups is 1. The van der Waals surface area contributed by atoms with E-state index >= 15 is 0 Å². The van der Waals surface area contributed by atoms with E-state index in [1.165, 1.54) is 17.7 Å². The van der Waals surface area contributed by atoms with Crippen molar-refractivity contribution in [2.24, 2.45) is 5.92 Å². The number of alkyl halides is 3. The molecule has 1 amide bonds. The van der Waals surface area contributed by atoms with Gasteiger partial charge in [-0.3, -0.25) is 9.69 Å². The predicted octanol–water partition coefficient (Wildman–Crippen LogP) is 5.37. The van der Waals surface area contributed by atoms with Gasteiger partial charge in [0.25, 0.3) is 5.91 Å². The first kappa shape index (κ1) is 29.6. The third-order valence-electron chi connectivity index (χ3n) is 8.35. The highest BCUT2D eigenvalue weighted by atomic mass is 32.2. The summed E-state index contributed by atoms with van der Waals surface area (Å²) in [5, 5.41) is 12.8. The molecule has 10 heteroatoms. The van der Waals surface area contributed by atoms with Crippen molar-refractivity contribution >= 4 is 15.7 Å². The number of carbonyl (C=O) groups excluding carboxylic acids is 1. The lowest BCUT2D eigenvalue weighted by molar-refractivity contribution is -0.184. The molecular weight excluding hydrogens is 529 g/mol. The van der Waals surface area contributed by atoms with Gasteiger partial charge in [-0.05, 0) is 79.0 Å². The van der Waals surface area contributed by atoms with Crippen molar-refractivity contribution in [1.82, 2.24) is 10.2 Å². The molecule has 0 bridgehead atoms. The topological polar surface area (TPSA) is 86.7 Å². The number of aliphatic hydroxyl groups excluding tert-OH is 1. The number of rotatable bonds is 8. The van der Waals surface area contributed by atoms with Crippen LogP contribution in [0.2, 0.25) is 0 Å². The van der Waals surface area contributed by atoms with Crippen molar-refractivity contribution in [2.45, 2.75) is 81.6 Å². The number of hydrogen-bond acceptors (Lipinski definition) is 5. The number of nitrogens with one attached hydrogen (secondary N) is 1. The van der Waals surface area contributed by atoms with Crippen LogP contribution in [0.15, 0.2) is 47.4 Å². The van der Waals surface area contributed by atoms with Gasteiger partial charge in [0, 0.05) is 24.7 Å². The number of halogens is 3. The van der Waals surface area contributed by atoms with Gasteiger partial charge in [0.1, 0.15) is 0 Å². The Morgan fingerprint density at radius 1 is 1.08 bits per heavy atom. The molecule has 1 unspecified atom stereocenters. The fraction of sp³-hybridized carbons (Fsp3) is 0.552. The molecule has 0 radical (unpaired) electrons. The molecule has 39 heavy (non-hydrogen) atoms. The van der Waals surface area contributed by atoms with Crippen LogP contribution < -0.4 is 5.32 Å². The smallest absolute Gasteiger partial charge is 0.391 e. The van der Waals surface area contributed by atoms with Gasteiger partial charge >= 0.3 is 6.18 Å². The SMILES string of the molecule is CCC1CN(C2CCC(C(F)(F)F)CC2)Cc2cc(C(=O)N[C@@H](CO)c3ccc(S(=O)(=O)CC)cc3)ccc21. The van der Waals surface area contributed by atoms with E-state index in [0.29, 0.717) is 30.5 Å². The van der Waals surface area contributed by atoms with Crippen LogP contribution >= 0.6 is 0 Å². The summed E-state index contributed by atoms with van der Waals surface area (Å²) < 4.78 is 63.6. The lowest BCUT2D eigenvalue weighted by Gasteiger charge is -2.42. The molecule has 2 N–H and O–H groups in total. The van der Waals surface area contributed by atoms with E-state index < -0.39 is 28.0 Å². The zero-order valence-electron chi connectivity index (χ0n) is 22.4. The van der Waals surface area contributed by atoms with Crippen LogP contribution in [0, 0.1) is 5.92 Å². The van der Waals surface area contributed by atoms with Crippen LogP contribution in [0.1, 0.15) is 85.0 Å². The second-order valence-corrected chi connectivity index (χ2v) is 13.0. The maximum absolute atomic E-state index is 13.2. The molecule has 2 aromatic carbocycles. The van der Waals surface area contributed by atoms with Crippen molar-refractivity contribution in [3.8, 4) is 0 Å². The van der Waals surface area contributed by atoms with Crippen LogP contribution in [-0.2, 0) is 16.4 Å². The number of amides is 1. The minimum absolute atomic E-state index is 0.0179. The van der Waals surface area contributed by atoms with Crippen molar-refractivity contribution in [3.63, 3.8) is 0 Å². The van der Waals surface area contributed by atoms with Gasteiger partial charge in [-0.15, -0.1) is 0 Å². The molecule has 1 aliphatic carbocycles. The van der Waals surface area contributed by atoms with E-state index in [0.717, 1.165) is 18.5 Å². The van der Waals surface area contributed by atoms with Crippen molar-refractivity contribution in [1.29, 1.82) is 0 Å². The lowest BCUT2D eigenvalue weighted by atomic mass is 9.81. The van der Waals surface area contributed by atoms with E-state index in [4.69, 9.17) is 0 Å². The van der Waals surface area contributed by atoms with Gasteiger partial charge < -0.3 is 10.4 Å². The number of hydrogen-bond donors (Lipinski definition) is 2. The Bertz CT molecular complexity index is 1260. The molecule has 2 atom stereocenters. The van der Waals surface area contributed by atoms with Gasteiger partial charge in [0.15, 0.2) is 9.84 Å². The van der Waals surface area contributed by atoms with E-state index in [-0.39, 0.29) is 48.0 Å². The summed E-state index contributed by atoms with van der Waals surface area (Å²) in [6, 6.07) is 11.1. The van der Waals surface area contributed by atoms with E-state index in [2.05, 4.69) is 17.1 Å². The molecular formula is C29H37F3N2O4S. The quantitative estimate of drug-likeness (QED) is 0.449. The second kappa shape index (κ2) is 12.0. The van der Waals surface area contributed by atoms with E-state index in [9.17, 15) is 31.5 Å². The fourth-order valence-corrected chi connectivity index (χ4v) is 6.78. The third kappa shape index (κ3) is 6.66. The summed E-state index contributed by atoms with van der Waals surface area (Å²) in [4.78, 5) is 15.6. The highest BCUT2D eigenvalue weighted by molar-refractivity contribution is 7.91. The summed E-state index contributed by atoms with van der Waals surface area (Å²) in [6.07, 6.45) is -1.88. The van der Waals surface area contributed by atoms with Crippen molar-refractivity contribution in [3.05, 3.63) is 64.7 Å². The Balaban J connectivity index is 1.47. The monoisotopic (exact) mass is 566 g/mol. The van der Waals surface area contributed by atoms with E-state index in [1.54, 1.807) is 25.1 Å². The maximum Gasteiger partial charge on any atom is 0.391 e. The molecule has 214 valence electrons. The minimum atomic E-state index is -4.13. The molecule has 1 heterocycles. The van der Waals surface area contributed by atoms with Gasteiger partial charge in [0.2, 0.25) is 0 Å². The summed E-state index contributed by atoms with van der Waals surface area (Å²) in [5.74, 6) is -1.35. The zero-order chi connectivity index (χ0) is 28.4. The molecule has 2 aromatic rings. The first-order valence-electron chi connectivity index (χ1n) is 13.6. The number of benzene rings is 2. The van der Waals surface area contributed by atoms with Crippen LogP contribution in [-0.4, -0.2) is 55.5 Å². The number of fused-ring (bicyclic) bond motifs is 1. The van der Waals surface area contributed by atoms with Gasteiger partial charge in [-0.1, -0.05) is 32.0 Å². The minimum Gasteiger partial charge on any atom is -0.394 e. The Kier molecular flexibility index (Phi) is 9.08. The Morgan fingerprint density at radius 3 is 2.31 bits per heavy atom. The molecule has 0 spiro atoms. The highest BCUT2D eigenvalue weighted by Gasteiger charge is 2.42. The second-order valence-electron chi connectivity index (χ2n) is 10.7. The first-order valence-corrected chi connectivity index (χ1v) is 15.3. The molecule has 1 saturated carbocycles. The van der Waals surface area contributed by atoms with Gasteiger partial charge in [-0.25, -0.2) is 8.42 Å². The van der Waals surface area contributed by atoms with Gasteiger partial charge in [-0.2, -0.15) is 13.2 Å². The van der Waals surface area contributed by atoms with Crippen molar-refractivity contribution < 1.29 is 31.5 Å². The maximum atomic E-state index is 13.2. The molecule has 0 saturated heterocycles. The van der Waals surface area contributed by atoms with Crippen LogP contribution in [0.3, 0.4) is 0 Å². The lowest BCUT2D eigenvalue weighted by Crippen LogP contribution is -2.44. The van der Waals surface area contributed by atoms with Crippen LogP contribution in [0.4, 0.5) is 13.2 Å². The predicted molar refractivity (Wildman–Crippen MR) is 143 cm³/mol. The average Bonchev–Trinajstić information content (AvgIpc) is 2.94. The van der Waals surface area contributed by atoms with Crippen LogP contribution in [0.5, 0.6) is 0 Å². The summed E-state index contributed by atoms with van der Waals surface area (Å²) >= 11 is 0. The average molecular weight is 567 g/mol. The molecule has 1 aliphatic heterocycles. The third-order valence-corrected chi connectivity index (χ3v) is 10.1. The van der Waals surface area contributed by atoms with E-state index in [1.807, 2.05) is 12.1 Å². The first-order chi connectivity index (χ1) is 18.5. The molecule has 1 fully saturated rings. The summed E-state index contributed by atoms with van der Waals surface area (Å²) in [6.45, 7) is 4.70. The molecule has 2 aliphatic rings. The fourth-order valence-electron chi connectivity index (χ4n) is 5.89. The Hall–Kier alpha value is -2.43. The molecule has 6 nitrogen and oxygen atoms in total. The molecule has 4 rings (SSSR count).